The second-order valence-electron chi connectivity index (χ2n) is 3.56. The van der Waals surface area contributed by atoms with E-state index >= 15 is 0 Å². The molecule has 0 bridgehead atoms. The number of thioether (sulfide) groups is 1. The minimum absolute atomic E-state index is 0.0133. The second kappa shape index (κ2) is 5.16. The first-order valence-corrected chi connectivity index (χ1v) is 6.30. The summed E-state index contributed by atoms with van der Waals surface area (Å²) < 4.78 is 0. The molecule has 1 heterocycles. The molecule has 1 aromatic rings. The lowest BCUT2D eigenvalue weighted by molar-refractivity contribution is -0.115. The Morgan fingerprint density at radius 1 is 1.38 bits per heavy atom. The van der Waals surface area contributed by atoms with Crippen LogP contribution in [0.1, 0.15) is 13.3 Å². The molecular formula is C12H14N2OS. The predicted molar refractivity (Wildman–Crippen MR) is 69.0 cm³/mol. The topological polar surface area (TPSA) is 32.7 Å². The maximum Gasteiger partial charge on any atom is 0.230 e. The molecule has 0 aliphatic carbocycles. The zero-order chi connectivity index (χ0) is 11.4. The zero-order valence-corrected chi connectivity index (χ0v) is 10.0. The van der Waals surface area contributed by atoms with Crippen LogP contribution in [0.3, 0.4) is 0 Å². The maximum absolute atomic E-state index is 11.7. The summed E-state index contributed by atoms with van der Waals surface area (Å²) in [5.74, 6) is 1.05. The number of nitrogens with zero attached hydrogens (tertiary/aromatic N) is 2. The van der Waals surface area contributed by atoms with E-state index in [2.05, 4.69) is 4.99 Å². The van der Waals surface area contributed by atoms with E-state index in [1.54, 1.807) is 23.6 Å². The first-order chi connectivity index (χ1) is 7.79. The molecule has 0 saturated carbocycles. The number of aliphatic imine (C=N–C) groups is 1. The first kappa shape index (κ1) is 11.2. The van der Waals surface area contributed by atoms with Crippen molar-refractivity contribution in [1.29, 1.82) is 0 Å². The number of rotatable bonds is 1. The lowest BCUT2D eigenvalue weighted by Gasteiger charge is -2.24. The smallest absolute Gasteiger partial charge is 0.230 e. The highest BCUT2D eigenvalue weighted by Gasteiger charge is 2.19. The Morgan fingerprint density at radius 2 is 2.12 bits per heavy atom. The van der Waals surface area contributed by atoms with Gasteiger partial charge in [-0.1, -0.05) is 30.0 Å². The molecular weight excluding hydrogens is 220 g/mol. The van der Waals surface area contributed by atoms with Crippen LogP contribution < -0.4 is 4.90 Å². The van der Waals surface area contributed by atoms with E-state index in [1.165, 1.54) is 0 Å². The van der Waals surface area contributed by atoms with Crippen LogP contribution in [-0.2, 0) is 4.79 Å². The Morgan fingerprint density at radius 3 is 2.69 bits per heavy atom. The van der Waals surface area contributed by atoms with Crippen LogP contribution in [0, 0.1) is 0 Å². The van der Waals surface area contributed by atoms with Gasteiger partial charge in [0.1, 0.15) is 0 Å². The number of hydrogen-bond donors (Lipinski definition) is 0. The third-order valence-corrected chi connectivity index (χ3v) is 3.36. The minimum atomic E-state index is 0.0133. The average molecular weight is 234 g/mol. The Bertz CT molecular complexity index is 403. The van der Waals surface area contributed by atoms with Crippen molar-refractivity contribution in [2.24, 2.45) is 4.99 Å². The molecule has 3 nitrogen and oxygen atoms in total. The van der Waals surface area contributed by atoms with Crippen molar-refractivity contribution >= 4 is 28.5 Å². The fraction of sp³-hybridized carbons (Fsp3) is 0.333. The molecule has 16 heavy (non-hydrogen) atoms. The highest BCUT2D eigenvalue weighted by atomic mass is 32.2. The van der Waals surface area contributed by atoms with Crippen molar-refractivity contribution in [3.63, 3.8) is 0 Å². The van der Waals surface area contributed by atoms with Crippen molar-refractivity contribution < 1.29 is 4.79 Å². The van der Waals surface area contributed by atoms with Gasteiger partial charge in [-0.15, -0.1) is 0 Å². The lowest BCUT2D eigenvalue weighted by Crippen LogP contribution is -2.34. The molecule has 2 rings (SSSR count). The van der Waals surface area contributed by atoms with Gasteiger partial charge in [-0.05, 0) is 18.6 Å². The molecule has 1 aromatic carbocycles. The standard InChI is InChI=1S/C12H14N2OS/c1-10(15)14(11-6-3-2-4-7-11)12-13-8-5-9-16-12/h2-4,6-7H,5,8-9H2,1H3. The normalized spacial score (nSPS) is 15.4. The van der Waals surface area contributed by atoms with E-state index in [0.717, 1.165) is 29.6 Å². The summed E-state index contributed by atoms with van der Waals surface area (Å²) in [6.07, 6.45) is 1.09. The van der Waals surface area contributed by atoms with Gasteiger partial charge in [0.25, 0.3) is 0 Å². The minimum Gasteiger partial charge on any atom is -0.274 e. The van der Waals surface area contributed by atoms with E-state index < -0.39 is 0 Å². The number of carbonyl (C=O) groups is 1. The molecule has 0 spiro atoms. The Balaban J connectivity index is 2.31. The van der Waals surface area contributed by atoms with Gasteiger partial charge in [0.2, 0.25) is 5.91 Å². The van der Waals surface area contributed by atoms with Crippen LogP contribution in [0.25, 0.3) is 0 Å². The maximum atomic E-state index is 11.7. The predicted octanol–water partition coefficient (Wildman–Crippen LogP) is 2.53. The Kier molecular flexibility index (Phi) is 3.62. The van der Waals surface area contributed by atoms with Crippen molar-refractivity contribution in [3.8, 4) is 0 Å². The third kappa shape index (κ3) is 2.44. The van der Waals surface area contributed by atoms with E-state index in [4.69, 9.17) is 0 Å². The number of benzene rings is 1. The number of amides is 1. The van der Waals surface area contributed by atoms with Crippen LogP contribution in [0.4, 0.5) is 5.69 Å². The van der Waals surface area contributed by atoms with E-state index in [-0.39, 0.29) is 5.91 Å². The second-order valence-corrected chi connectivity index (χ2v) is 4.62. The van der Waals surface area contributed by atoms with Crippen molar-refractivity contribution in [2.75, 3.05) is 17.2 Å². The van der Waals surface area contributed by atoms with E-state index in [9.17, 15) is 4.79 Å². The van der Waals surface area contributed by atoms with Gasteiger partial charge >= 0.3 is 0 Å². The molecule has 0 N–H and O–H groups in total. The van der Waals surface area contributed by atoms with Crippen LogP contribution >= 0.6 is 11.8 Å². The summed E-state index contributed by atoms with van der Waals surface area (Å²) in [5, 5.41) is 0.824. The van der Waals surface area contributed by atoms with Gasteiger partial charge in [-0.3, -0.25) is 14.7 Å². The number of para-hydroxylation sites is 1. The number of carbonyl (C=O) groups excluding carboxylic acids is 1. The van der Waals surface area contributed by atoms with Crippen LogP contribution in [0.2, 0.25) is 0 Å². The van der Waals surface area contributed by atoms with Gasteiger partial charge in [-0.25, -0.2) is 0 Å². The fourth-order valence-corrected chi connectivity index (χ4v) is 2.59. The van der Waals surface area contributed by atoms with Gasteiger partial charge in [0, 0.05) is 19.2 Å². The van der Waals surface area contributed by atoms with Gasteiger partial charge < -0.3 is 0 Å². The van der Waals surface area contributed by atoms with Gasteiger partial charge in [0.05, 0.1) is 5.69 Å². The SMILES string of the molecule is CC(=O)N(C1=NCCCS1)c1ccccc1. The van der Waals surface area contributed by atoms with E-state index in [1.807, 2.05) is 30.3 Å². The van der Waals surface area contributed by atoms with Crippen molar-refractivity contribution in [3.05, 3.63) is 30.3 Å². The van der Waals surface area contributed by atoms with Crippen LogP contribution in [0.5, 0.6) is 0 Å². The summed E-state index contributed by atoms with van der Waals surface area (Å²) in [6.45, 7) is 2.39. The molecule has 0 aromatic heterocycles. The third-order valence-electron chi connectivity index (χ3n) is 2.30. The number of amidine groups is 1. The number of hydrogen-bond acceptors (Lipinski definition) is 3. The molecule has 1 amide bonds. The summed E-state index contributed by atoms with van der Waals surface area (Å²) >= 11 is 1.65. The van der Waals surface area contributed by atoms with Gasteiger partial charge in [0.15, 0.2) is 5.17 Å². The largest absolute Gasteiger partial charge is 0.274 e. The lowest BCUT2D eigenvalue weighted by atomic mass is 10.3. The zero-order valence-electron chi connectivity index (χ0n) is 9.22. The summed E-state index contributed by atoms with van der Waals surface area (Å²) in [4.78, 5) is 17.8. The van der Waals surface area contributed by atoms with Crippen LogP contribution in [0.15, 0.2) is 35.3 Å². The molecule has 0 unspecified atom stereocenters. The quantitative estimate of drug-likeness (QED) is 0.748. The summed E-state index contributed by atoms with van der Waals surface area (Å²) in [5.41, 5.74) is 0.892. The summed E-state index contributed by atoms with van der Waals surface area (Å²) in [6, 6.07) is 9.66. The Hall–Kier alpha value is -1.29. The molecule has 4 heteroatoms. The molecule has 0 radical (unpaired) electrons. The fourth-order valence-electron chi connectivity index (χ4n) is 1.59. The van der Waals surface area contributed by atoms with E-state index in [0.29, 0.717) is 0 Å². The molecule has 1 aliphatic heterocycles. The van der Waals surface area contributed by atoms with Crippen LogP contribution in [-0.4, -0.2) is 23.4 Å². The molecule has 0 fully saturated rings. The monoisotopic (exact) mass is 234 g/mol. The van der Waals surface area contributed by atoms with Crippen molar-refractivity contribution in [2.45, 2.75) is 13.3 Å². The molecule has 84 valence electrons. The average Bonchev–Trinajstić information content (AvgIpc) is 2.31. The Labute approximate surface area is 99.6 Å². The highest BCUT2D eigenvalue weighted by Crippen LogP contribution is 2.22. The summed E-state index contributed by atoms with van der Waals surface area (Å²) in [7, 11) is 0. The highest BCUT2D eigenvalue weighted by molar-refractivity contribution is 8.14. The first-order valence-electron chi connectivity index (χ1n) is 5.32. The molecule has 1 aliphatic rings. The van der Waals surface area contributed by atoms with Gasteiger partial charge in [-0.2, -0.15) is 0 Å². The molecule has 0 atom stereocenters. The number of anilines is 1. The molecule has 0 saturated heterocycles. The van der Waals surface area contributed by atoms with Crippen molar-refractivity contribution in [1.82, 2.24) is 0 Å².